The monoisotopic (exact) mass is 387 g/mol. The number of hydrogen-bond donors (Lipinski definition) is 1. The maximum atomic E-state index is 11.7. The van der Waals surface area contributed by atoms with Gasteiger partial charge < -0.3 is 25.1 Å². The van der Waals surface area contributed by atoms with Gasteiger partial charge in [0, 0.05) is 12.4 Å². The zero-order valence-corrected chi connectivity index (χ0v) is 20.8. The summed E-state index contributed by atoms with van der Waals surface area (Å²) in [5, 5.41) is 23.5. The van der Waals surface area contributed by atoms with Gasteiger partial charge >= 0.3 is 59.1 Å². The maximum absolute atomic E-state index is 11.7. The molecule has 0 spiro atoms. The SMILES string of the molecule is CCCCCCCCCCCCC(=O)NC(CCC(=O)[O-])C(=O)[O-].[Na+].[Na+]. The van der Waals surface area contributed by atoms with Crippen LogP contribution >= 0.6 is 0 Å². The number of hydrogen-bond acceptors (Lipinski definition) is 5. The number of aliphatic carboxylic acids is 2. The van der Waals surface area contributed by atoms with Gasteiger partial charge in [-0.3, -0.25) is 4.79 Å². The molecule has 0 aromatic heterocycles. The van der Waals surface area contributed by atoms with Crippen LogP contribution in [0.1, 0.15) is 90.4 Å². The zero-order valence-electron chi connectivity index (χ0n) is 16.8. The van der Waals surface area contributed by atoms with Gasteiger partial charge in [0.05, 0.1) is 12.0 Å². The summed E-state index contributed by atoms with van der Waals surface area (Å²) in [4.78, 5) is 32.9. The van der Waals surface area contributed by atoms with Crippen molar-refractivity contribution in [2.24, 2.45) is 0 Å². The van der Waals surface area contributed by atoms with E-state index in [9.17, 15) is 24.6 Å². The van der Waals surface area contributed by atoms with Crippen LogP contribution in [-0.2, 0) is 14.4 Å². The summed E-state index contributed by atoms with van der Waals surface area (Å²) in [6.45, 7) is 2.20. The van der Waals surface area contributed by atoms with Crippen LogP contribution in [0.3, 0.4) is 0 Å². The van der Waals surface area contributed by atoms with Gasteiger partial charge in [0.25, 0.3) is 0 Å². The van der Waals surface area contributed by atoms with E-state index in [1.54, 1.807) is 0 Å². The Hall–Kier alpha value is 0.410. The summed E-state index contributed by atoms with van der Waals surface area (Å²) >= 11 is 0. The van der Waals surface area contributed by atoms with Gasteiger partial charge in [-0.15, -0.1) is 0 Å². The second kappa shape index (κ2) is 21.7. The molecular weight excluding hydrogens is 356 g/mol. The van der Waals surface area contributed by atoms with Gasteiger partial charge in [0.1, 0.15) is 0 Å². The molecule has 0 aliphatic rings. The third-order valence-corrected chi connectivity index (χ3v) is 4.01. The average molecular weight is 387 g/mol. The molecule has 1 amide bonds. The molecule has 0 aliphatic heterocycles. The molecule has 0 aliphatic carbocycles. The standard InChI is InChI=1S/C18H33NO5.2Na/c1-2-3-4-5-6-7-8-9-10-11-12-16(20)19-15(18(23)24)13-14-17(21)22;;/h15H,2-14H2,1H3,(H,19,20)(H,21,22)(H,23,24);;/q;2*+1/p-2. The number of carboxylic acids is 2. The third-order valence-electron chi connectivity index (χ3n) is 4.01. The minimum atomic E-state index is -1.47. The second-order valence-corrected chi connectivity index (χ2v) is 6.28. The van der Waals surface area contributed by atoms with Gasteiger partial charge in [-0.05, 0) is 19.3 Å². The Labute approximate surface area is 201 Å². The number of amides is 1. The Morgan fingerprint density at radius 3 is 1.65 bits per heavy atom. The topological polar surface area (TPSA) is 109 Å². The van der Waals surface area contributed by atoms with Gasteiger partial charge in [-0.2, -0.15) is 0 Å². The van der Waals surface area contributed by atoms with E-state index in [0.29, 0.717) is 6.42 Å². The zero-order chi connectivity index (χ0) is 18.2. The molecule has 1 unspecified atom stereocenters. The predicted octanol–water partition coefficient (Wildman–Crippen LogP) is -4.93. The van der Waals surface area contributed by atoms with Crippen molar-refractivity contribution in [3.05, 3.63) is 0 Å². The van der Waals surface area contributed by atoms with Crippen LogP contribution in [0.2, 0.25) is 0 Å². The van der Waals surface area contributed by atoms with Crippen molar-refractivity contribution in [2.45, 2.75) is 96.4 Å². The summed E-state index contributed by atoms with van der Waals surface area (Å²) in [7, 11) is 0. The molecule has 6 nitrogen and oxygen atoms in total. The van der Waals surface area contributed by atoms with Crippen molar-refractivity contribution in [3.8, 4) is 0 Å². The normalized spacial score (nSPS) is 11.0. The van der Waals surface area contributed by atoms with Crippen molar-refractivity contribution in [1.29, 1.82) is 0 Å². The minimum Gasteiger partial charge on any atom is -0.550 e. The molecular formula is C18H31NNa2O5. The molecule has 0 radical (unpaired) electrons. The summed E-state index contributed by atoms with van der Waals surface area (Å²) in [5.74, 6) is -3.18. The predicted molar refractivity (Wildman–Crippen MR) is 87.6 cm³/mol. The van der Waals surface area contributed by atoms with E-state index in [1.807, 2.05) is 0 Å². The molecule has 1 N–H and O–H groups in total. The van der Waals surface area contributed by atoms with E-state index in [1.165, 1.54) is 44.9 Å². The number of carboxylic acid groups (broad SMARTS) is 2. The molecule has 0 saturated heterocycles. The second-order valence-electron chi connectivity index (χ2n) is 6.28. The molecule has 0 bridgehead atoms. The maximum Gasteiger partial charge on any atom is 1.00 e. The van der Waals surface area contributed by atoms with Gasteiger partial charge in [0.15, 0.2) is 0 Å². The van der Waals surface area contributed by atoms with Crippen molar-refractivity contribution in [3.63, 3.8) is 0 Å². The molecule has 1 atom stereocenters. The first kappa shape index (κ1) is 31.1. The van der Waals surface area contributed by atoms with E-state index in [0.717, 1.165) is 12.8 Å². The van der Waals surface area contributed by atoms with Crippen LogP contribution < -0.4 is 74.6 Å². The van der Waals surface area contributed by atoms with E-state index in [-0.39, 0.29) is 77.9 Å². The first-order valence-electron chi connectivity index (χ1n) is 9.17. The molecule has 0 aromatic rings. The van der Waals surface area contributed by atoms with E-state index in [4.69, 9.17) is 0 Å². The van der Waals surface area contributed by atoms with Crippen LogP contribution in [0.5, 0.6) is 0 Å². The minimum absolute atomic E-state index is 0. The van der Waals surface area contributed by atoms with Gasteiger partial charge in [-0.25, -0.2) is 0 Å². The summed E-state index contributed by atoms with van der Waals surface area (Å²) in [5.41, 5.74) is 0. The smallest absolute Gasteiger partial charge is 0.550 e. The van der Waals surface area contributed by atoms with E-state index >= 15 is 0 Å². The van der Waals surface area contributed by atoms with Crippen LogP contribution in [-0.4, -0.2) is 23.9 Å². The molecule has 0 fully saturated rings. The van der Waals surface area contributed by atoms with E-state index < -0.39 is 24.4 Å². The van der Waals surface area contributed by atoms with Crippen molar-refractivity contribution < 1.29 is 83.7 Å². The Bertz CT molecular complexity index is 381. The number of nitrogens with one attached hydrogen (secondary N) is 1. The Morgan fingerprint density at radius 2 is 1.23 bits per heavy atom. The molecule has 0 rings (SSSR count). The van der Waals surface area contributed by atoms with Crippen molar-refractivity contribution >= 4 is 17.8 Å². The van der Waals surface area contributed by atoms with Crippen molar-refractivity contribution in [2.75, 3.05) is 0 Å². The Morgan fingerprint density at radius 1 is 0.769 bits per heavy atom. The largest absolute Gasteiger partial charge is 1.00 e. The molecule has 140 valence electrons. The summed E-state index contributed by atoms with van der Waals surface area (Å²) < 4.78 is 0. The first-order valence-corrected chi connectivity index (χ1v) is 9.17. The molecule has 0 aromatic carbocycles. The van der Waals surface area contributed by atoms with Crippen LogP contribution in [0, 0.1) is 0 Å². The fraction of sp³-hybridized carbons (Fsp3) is 0.833. The van der Waals surface area contributed by atoms with Crippen LogP contribution in [0.25, 0.3) is 0 Å². The van der Waals surface area contributed by atoms with Crippen LogP contribution in [0.15, 0.2) is 0 Å². The number of carbonyl (C=O) groups excluding carboxylic acids is 3. The Balaban J connectivity index is -0.00000264. The number of unbranched alkanes of at least 4 members (excludes halogenated alkanes) is 9. The van der Waals surface area contributed by atoms with Crippen LogP contribution in [0.4, 0.5) is 0 Å². The molecule has 0 heterocycles. The third kappa shape index (κ3) is 20.7. The first-order chi connectivity index (χ1) is 11.5. The fourth-order valence-corrected chi connectivity index (χ4v) is 2.55. The fourth-order valence-electron chi connectivity index (χ4n) is 2.55. The van der Waals surface area contributed by atoms with Gasteiger partial charge in [-0.1, -0.05) is 64.7 Å². The van der Waals surface area contributed by atoms with E-state index in [2.05, 4.69) is 12.2 Å². The quantitative estimate of drug-likeness (QED) is 0.211. The number of carbonyl (C=O) groups is 3. The summed E-state index contributed by atoms with van der Waals surface area (Å²) in [6, 6.07) is -1.27. The Kier molecular flexibility index (Phi) is 26.0. The molecule has 26 heavy (non-hydrogen) atoms. The molecule has 0 saturated carbocycles. The molecule has 8 heteroatoms. The number of rotatable bonds is 16. The summed E-state index contributed by atoms with van der Waals surface area (Å²) in [6.07, 6.45) is 11.2. The average Bonchev–Trinajstić information content (AvgIpc) is 2.52. The van der Waals surface area contributed by atoms with Gasteiger partial charge in [0.2, 0.25) is 5.91 Å². The van der Waals surface area contributed by atoms with Crippen molar-refractivity contribution in [1.82, 2.24) is 5.32 Å².